The summed E-state index contributed by atoms with van der Waals surface area (Å²) in [6, 6.07) is 13.9. The van der Waals surface area contributed by atoms with Crippen molar-refractivity contribution in [1.82, 2.24) is 0 Å². The fraction of sp³-hybridized carbons (Fsp3) is 0.125. The van der Waals surface area contributed by atoms with Gasteiger partial charge in [0.1, 0.15) is 13.2 Å². The van der Waals surface area contributed by atoms with E-state index in [2.05, 4.69) is 9.95 Å². The van der Waals surface area contributed by atoms with Gasteiger partial charge < -0.3 is 34.3 Å². The van der Waals surface area contributed by atoms with Gasteiger partial charge in [0.15, 0.2) is 9.95 Å². The number of rotatable bonds is 6. The van der Waals surface area contributed by atoms with Crippen molar-refractivity contribution in [2.24, 2.45) is 0 Å². The number of halogens is 2. The van der Waals surface area contributed by atoms with Crippen molar-refractivity contribution in [3.05, 3.63) is 70.6 Å². The van der Waals surface area contributed by atoms with Crippen molar-refractivity contribution in [2.45, 2.75) is 0 Å². The first-order valence-corrected chi connectivity index (χ1v) is 6.64. The van der Waals surface area contributed by atoms with Crippen LogP contribution in [0.4, 0.5) is 11.4 Å². The molecule has 124 valence electrons. The largest absolute Gasteiger partial charge is 1.00 e. The molecular weight excluding hydrogens is 351 g/mol. The smallest absolute Gasteiger partial charge is 0.426 e. The second kappa shape index (κ2) is 11.7. The quantitative estimate of drug-likeness (QED) is 0.470. The summed E-state index contributed by atoms with van der Waals surface area (Å²) in [6.45, 7) is 0.643. The average molecular weight is 365 g/mol. The Hall–Kier alpha value is -2.80. The maximum atomic E-state index is 8.81. The average Bonchev–Trinajstić information content (AvgIpc) is 2.58. The van der Waals surface area contributed by atoms with Gasteiger partial charge >= 0.3 is 11.4 Å². The highest BCUT2D eigenvalue weighted by molar-refractivity contribution is 5.57. The highest BCUT2D eigenvalue weighted by atomic mass is 35.5. The minimum absolute atomic E-state index is 0. The van der Waals surface area contributed by atoms with Gasteiger partial charge in [0.2, 0.25) is 22.3 Å². The number of nitrogens with zero attached hydrogens (tertiary/aromatic N) is 4. The Morgan fingerprint density at radius 1 is 0.708 bits per heavy atom. The third kappa shape index (κ3) is 6.13. The maximum absolute atomic E-state index is 8.81. The molecule has 0 unspecified atom stereocenters. The van der Waals surface area contributed by atoms with Crippen LogP contribution in [0.1, 0.15) is 0 Å². The van der Waals surface area contributed by atoms with E-state index in [0.29, 0.717) is 36.1 Å². The highest BCUT2D eigenvalue weighted by Gasteiger charge is 2.13. The zero-order valence-corrected chi connectivity index (χ0v) is 14.1. The lowest BCUT2D eigenvalue weighted by molar-refractivity contribution is -0.001000. The molecule has 0 heterocycles. The van der Waals surface area contributed by atoms with Crippen LogP contribution >= 0.6 is 0 Å². The summed E-state index contributed by atoms with van der Waals surface area (Å²) in [5, 5.41) is 17.6. The van der Waals surface area contributed by atoms with Crippen molar-refractivity contribution in [3.63, 3.8) is 0 Å². The van der Waals surface area contributed by atoms with E-state index in [9.17, 15) is 0 Å². The lowest BCUT2D eigenvalue weighted by Crippen LogP contribution is -3.00. The maximum Gasteiger partial charge on any atom is 0.426 e. The minimum Gasteiger partial charge on any atom is -1.00 e. The third-order valence-electron chi connectivity index (χ3n) is 2.78. The Morgan fingerprint density at radius 2 is 1.08 bits per heavy atom. The molecule has 0 amide bonds. The molecule has 0 bridgehead atoms. The number of para-hydroxylation sites is 2. The Bertz CT molecular complexity index is 691. The first kappa shape index (κ1) is 21.2. The van der Waals surface area contributed by atoms with Gasteiger partial charge in [0.25, 0.3) is 0 Å². The summed E-state index contributed by atoms with van der Waals surface area (Å²) < 4.78 is 10.9. The molecule has 0 saturated carbocycles. The first-order chi connectivity index (χ1) is 10.8. The third-order valence-corrected chi connectivity index (χ3v) is 2.78. The molecule has 6 nitrogen and oxygen atoms in total. The molecule has 0 radical (unpaired) electrons. The van der Waals surface area contributed by atoms with Gasteiger partial charge in [0.05, 0.1) is 0 Å². The molecule has 8 heteroatoms. The predicted molar refractivity (Wildman–Crippen MR) is 82.5 cm³/mol. The Balaban J connectivity index is 0.00000264. The van der Waals surface area contributed by atoms with Crippen LogP contribution in [0.3, 0.4) is 0 Å². The topological polar surface area (TPSA) is 74.8 Å². The highest BCUT2D eigenvalue weighted by Crippen LogP contribution is 2.27. The van der Waals surface area contributed by atoms with E-state index in [1.165, 1.54) is 0 Å². The van der Waals surface area contributed by atoms with E-state index in [1.807, 2.05) is 0 Å². The molecule has 0 fully saturated rings. The fourth-order valence-corrected chi connectivity index (χ4v) is 1.74. The SMILES string of the molecule is N#[N+]c1ccccc1OC/C=C/COc1ccccc1[N+]#N.[Cl-].[Cl-]. The molecule has 0 saturated heterocycles. The van der Waals surface area contributed by atoms with E-state index >= 15 is 0 Å². The molecule has 2 aromatic rings. The van der Waals surface area contributed by atoms with Crippen LogP contribution in [-0.2, 0) is 0 Å². The summed E-state index contributed by atoms with van der Waals surface area (Å²) in [6.07, 6.45) is 3.57. The number of benzene rings is 2. The summed E-state index contributed by atoms with van der Waals surface area (Å²) in [5.74, 6) is 1.000. The van der Waals surface area contributed by atoms with E-state index < -0.39 is 0 Å². The van der Waals surface area contributed by atoms with Crippen LogP contribution < -0.4 is 34.3 Å². The predicted octanol–water partition coefficient (Wildman–Crippen LogP) is -1.32. The van der Waals surface area contributed by atoms with Crippen LogP contribution in [-0.4, -0.2) is 13.2 Å². The lowest BCUT2D eigenvalue weighted by Gasteiger charge is -2.01. The Morgan fingerprint density at radius 3 is 1.46 bits per heavy atom. The van der Waals surface area contributed by atoms with E-state index in [4.69, 9.17) is 20.3 Å². The molecule has 0 spiro atoms. The fourth-order valence-electron chi connectivity index (χ4n) is 1.74. The molecule has 0 aliphatic rings. The molecule has 2 rings (SSSR count). The van der Waals surface area contributed by atoms with E-state index in [1.54, 1.807) is 60.7 Å². The zero-order valence-electron chi connectivity index (χ0n) is 12.5. The minimum atomic E-state index is 0. The van der Waals surface area contributed by atoms with Crippen LogP contribution in [0, 0.1) is 10.8 Å². The van der Waals surface area contributed by atoms with Gasteiger partial charge in [-0.25, -0.2) is 0 Å². The van der Waals surface area contributed by atoms with Gasteiger partial charge in [-0.05, 0) is 24.3 Å². The van der Waals surface area contributed by atoms with Gasteiger partial charge in [-0.15, -0.1) is 0 Å². The summed E-state index contributed by atoms with van der Waals surface area (Å²) in [5.41, 5.74) is 0.760. The summed E-state index contributed by atoms with van der Waals surface area (Å²) in [7, 11) is 0. The molecule has 0 aliphatic heterocycles. The van der Waals surface area contributed by atoms with Crippen molar-refractivity contribution in [3.8, 4) is 11.5 Å². The molecule has 0 N–H and O–H groups in total. The molecule has 0 aliphatic carbocycles. The lowest BCUT2D eigenvalue weighted by atomic mass is 10.3. The number of diazo groups is 2. The number of ether oxygens (including phenoxy) is 2. The Kier molecular flexibility index (Phi) is 10.4. The second-order valence-electron chi connectivity index (χ2n) is 4.23. The van der Waals surface area contributed by atoms with E-state index in [-0.39, 0.29) is 24.8 Å². The van der Waals surface area contributed by atoms with Crippen LogP contribution in [0.5, 0.6) is 11.5 Å². The first-order valence-electron chi connectivity index (χ1n) is 6.64. The van der Waals surface area contributed by atoms with Crippen molar-refractivity contribution >= 4 is 11.4 Å². The standard InChI is InChI=1S/C16H14N4O2.2ClH/c17-19-13-7-1-3-9-15(13)21-11-5-6-12-22-16-10-4-2-8-14(16)20-18;;/h1-10H,11-12H2;2*1H/q+2;;/p-2/b6-5+;;. The number of hydrogen-bond acceptors (Lipinski definition) is 4. The van der Waals surface area contributed by atoms with Crippen molar-refractivity contribution in [2.75, 3.05) is 13.2 Å². The van der Waals surface area contributed by atoms with Gasteiger partial charge in [-0.3, -0.25) is 0 Å². The second-order valence-corrected chi connectivity index (χ2v) is 4.23. The molecule has 2 aromatic carbocycles. The van der Waals surface area contributed by atoms with Crippen LogP contribution in [0.2, 0.25) is 0 Å². The van der Waals surface area contributed by atoms with Crippen molar-refractivity contribution in [1.29, 1.82) is 10.8 Å². The zero-order chi connectivity index (χ0) is 15.6. The Labute approximate surface area is 152 Å². The van der Waals surface area contributed by atoms with Crippen molar-refractivity contribution < 1.29 is 34.3 Å². The van der Waals surface area contributed by atoms with Crippen LogP contribution in [0.15, 0.2) is 60.7 Å². The molecule has 24 heavy (non-hydrogen) atoms. The van der Waals surface area contributed by atoms with Gasteiger partial charge in [-0.1, -0.05) is 24.3 Å². The normalized spacial score (nSPS) is 9.08. The van der Waals surface area contributed by atoms with E-state index in [0.717, 1.165) is 0 Å². The van der Waals surface area contributed by atoms with Gasteiger partial charge in [-0.2, -0.15) is 0 Å². The van der Waals surface area contributed by atoms with Crippen LogP contribution in [0.25, 0.3) is 9.95 Å². The summed E-state index contributed by atoms with van der Waals surface area (Å²) in [4.78, 5) is 6.27. The molecule has 0 atom stereocenters. The number of hydrogen-bond donors (Lipinski definition) is 0. The summed E-state index contributed by atoms with van der Waals surface area (Å²) >= 11 is 0. The molecular formula is C16H14Cl2N4O2. The monoisotopic (exact) mass is 364 g/mol. The van der Waals surface area contributed by atoms with Gasteiger partial charge in [0, 0.05) is 12.1 Å². The molecule has 0 aromatic heterocycles.